The summed E-state index contributed by atoms with van der Waals surface area (Å²) in [6, 6.07) is 0. The van der Waals surface area contributed by atoms with E-state index in [-0.39, 0.29) is 15.9 Å². The molecule has 1 aliphatic rings. The first-order valence-electron chi connectivity index (χ1n) is 13.2. The van der Waals surface area contributed by atoms with Gasteiger partial charge in [-0.25, -0.2) is 19.7 Å². The van der Waals surface area contributed by atoms with Crippen LogP contribution in [-0.4, -0.2) is 75.4 Å². The number of hydrogen-bond acceptors (Lipinski definition) is 11. The van der Waals surface area contributed by atoms with E-state index in [9.17, 15) is 13.2 Å². The first-order valence-corrected chi connectivity index (χ1v) is 20.4. The fourth-order valence-corrected chi connectivity index (χ4v) is 7.11. The second-order valence-corrected chi connectivity index (χ2v) is 24.1. The van der Waals surface area contributed by atoms with Gasteiger partial charge >= 0.3 is 10.3 Å². The predicted molar refractivity (Wildman–Crippen MR) is 156 cm³/mol. The van der Waals surface area contributed by atoms with Gasteiger partial charge in [-0.3, -0.25) is 13.5 Å². The minimum Gasteiger partial charge on any atom is -0.408 e. The maximum absolute atomic E-state index is 12.4. The molecule has 1 fully saturated rings. The summed E-state index contributed by atoms with van der Waals surface area (Å²) in [5.74, 6) is -0.542. The molecule has 1 aliphatic heterocycles. The Morgan fingerprint density at radius 3 is 2.10 bits per heavy atom. The molecule has 1 saturated heterocycles. The van der Waals surface area contributed by atoms with Crippen molar-refractivity contribution in [2.75, 3.05) is 12.3 Å². The molecule has 2 aromatic rings. The normalized spacial score (nSPS) is 23.1. The third-order valence-corrected chi connectivity index (χ3v) is 18.0. The van der Waals surface area contributed by atoms with Gasteiger partial charge in [-0.2, -0.15) is 8.42 Å². The highest BCUT2D eigenvalue weighted by molar-refractivity contribution is 7.85. The van der Waals surface area contributed by atoms with Crippen molar-refractivity contribution in [1.29, 1.82) is 0 Å². The first kappa shape index (κ1) is 32.6. The largest absolute Gasteiger partial charge is 0.408 e. The Labute approximate surface area is 239 Å². The van der Waals surface area contributed by atoms with Crippen LogP contribution in [0, 0.1) is 0 Å². The lowest BCUT2D eigenvalue weighted by molar-refractivity contribution is -0.117. The summed E-state index contributed by atoms with van der Waals surface area (Å²) in [5.41, 5.74) is 6.90. The Kier molecular flexibility index (Phi) is 8.98. The zero-order valence-corrected chi connectivity index (χ0v) is 28.1. The van der Waals surface area contributed by atoms with Gasteiger partial charge in [0.2, 0.25) is 5.91 Å². The van der Waals surface area contributed by atoms with Crippen molar-refractivity contribution in [2.24, 2.45) is 0 Å². The number of nitrogens with one attached hydrogen (secondary N) is 1. The maximum Gasteiger partial charge on any atom is 0.362 e. The zero-order valence-electron chi connectivity index (χ0n) is 25.3. The standard InChI is InChI=1S/C24H44N6O7SSi2/c1-15(31)29-38(32,33)34-12-16-18(36-39(8,9)23(2,3)4)19(37-40(10,11)24(5,6)7)22(35-16)30-14-28-17-20(25)26-13-27-21(17)30/h13-14,16,18-19,22H,12H2,1-11H3,(H,29,31)(H2,25,26,27)/t16-,18-,19-,22-/m1/s1. The molecule has 13 nitrogen and oxygen atoms in total. The molecule has 3 heterocycles. The van der Waals surface area contributed by atoms with Crippen molar-refractivity contribution < 1.29 is 31.0 Å². The molecule has 1 amide bonds. The van der Waals surface area contributed by atoms with E-state index in [2.05, 4.69) is 82.7 Å². The van der Waals surface area contributed by atoms with Crippen molar-refractivity contribution in [1.82, 2.24) is 24.2 Å². The van der Waals surface area contributed by atoms with E-state index in [1.807, 2.05) is 4.72 Å². The molecular formula is C24H44N6O7SSi2. The molecule has 16 heteroatoms. The maximum atomic E-state index is 12.4. The Hall–Kier alpha value is -1.96. The summed E-state index contributed by atoms with van der Waals surface area (Å²) in [4.78, 5) is 24.2. The summed E-state index contributed by atoms with van der Waals surface area (Å²) < 4.78 is 54.0. The molecule has 0 saturated carbocycles. The second-order valence-electron chi connectivity index (χ2n) is 13.2. The predicted octanol–water partition coefficient (Wildman–Crippen LogP) is 3.48. The smallest absolute Gasteiger partial charge is 0.362 e. The summed E-state index contributed by atoms with van der Waals surface area (Å²) in [6.45, 7) is 21.9. The third kappa shape index (κ3) is 6.91. The summed E-state index contributed by atoms with van der Waals surface area (Å²) >= 11 is 0. The molecule has 226 valence electrons. The minimum absolute atomic E-state index is 0.147. The van der Waals surface area contributed by atoms with Gasteiger partial charge in [-0.15, -0.1) is 0 Å². The second kappa shape index (κ2) is 11.0. The molecule has 2 aromatic heterocycles. The van der Waals surface area contributed by atoms with E-state index in [0.29, 0.717) is 11.2 Å². The van der Waals surface area contributed by atoms with Crippen molar-refractivity contribution in [3.63, 3.8) is 0 Å². The number of carbonyl (C=O) groups is 1. The Bertz CT molecular complexity index is 1340. The van der Waals surface area contributed by atoms with Crippen LogP contribution in [0.2, 0.25) is 36.3 Å². The Morgan fingerprint density at radius 2 is 1.57 bits per heavy atom. The summed E-state index contributed by atoms with van der Waals surface area (Å²) in [6.07, 6.45) is -0.124. The highest BCUT2D eigenvalue weighted by atomic mass is 32.2. The number of anilines is 1. The topological polar surface area (TPSA) is 170 Å². The number of carbonyl (C=O) groups excluding carboxylic acids is 1. The number of hydrogen-bond donors (Lipinski definition) is 2. The van der Waals surface area contributed by atoms with Crippen molar-refractivity contribution in [3.05, 3.63) is 12.7 Å². The lowest BCUT2D eigenvalue weighted by atomic mass is 10.1. The number of amides is 1. The van der Waals surface area contributed by atoms with Crippen molar-refractivity contribution in [3.8, 4) is 0 Å². The van der Waals surface area contributed by atoms with Crippen molar-refractivity contribution in [2.45, 2.75) is 109 Å². The van der Waals surface area contributed by atoms with Gasteiger partial charge in [-0.1, -0.05) is 41.5 Å². The molecular weight excluding hydrogens is 573 g/mol. The van der Waals surface area contributed by atoms with Gasteiger partial charge in [0.1, 0.15) is 30.2 Å². The van der Waals surface area contributed by atoms with Crippen LogP contribution in [0.3, 0.4) is 0 Å². The highest BCUT2D eigenvalue weighted by Gasteiger charge is 2.55. The average molecular weight is 617 g/mol. The van der Waals surface area contributed by atoms with Crippen molar-refractivity contribution >= 4 is 49.8 Å². The van der Waals surface area contributed by atoms with Gasteiger partial charge in [-0.05, 0) is 36.3 Å². The van der Waals surface area contributed by atoms with Gasteiger partial charge in [0.25, 0.3) is 0 Å². The molecule has 0 radical (unpaired) electrons. The minimum atomic E-state index is -4.36. The van der Waals surface area contributed by atoms with Crippen LogP contribution >= 0.6 is 0 Å². The molecule has 0 spiro atoms. The van der Waals surface area contributed by atoms with E-state index >= 15 is 0 Å². The lowest BCUT2D eigenvalue weighted by Gasteiger charge is -2.44. The fourth-order valence-electron chi connectivity index (χ4n) is 3.79. The number of aromatic nitrogens is 4. The molecule has 3 N–H and O–H groups in total. The van der Waals surface area contributed by atoms with E-state index in [1.54, 1.807) is 10.9 Å². The fraction of sp³-hybridized carbons (Fsp3) is 0.750. The van der Waals surface area contributed by atoms with Crippen LogP contribution in [0.1, 0.15) is 54.7 Å². The summed E-state index contributed by atoms with van der Waals surface area (Å²) in [5, 5.41) is -0.310. The lowest BCUT2D eigenvalue weighted by Crippen LogP contribution is -2.54. The van der Waals surface area contributed by atoms with Gasteiger partial charge in [0, 0.05) is 6.92 Å². The third-order valence-electron chi connectivity index (χ3n) is 8.08. The van der Waals surface area contributed by atoms with Gasteiger partial charge < -0.3 is 19.3 Å². The molecule has 3 rings (SSSR count). The average Bonchev–Trinajstić information content (AvgIpc) is 3.32. The SMILES string of the molecule is CC(=O)NS(=O)(=O)OC[C@H]1O[C@@H](n2cnc3c(N)ncnc32)[C@H](O[Si](C)(C)C(C)(C)C)[C@@H]1O[Si](C)(C)C(C)(C)C. The van der Waals surface area contributed by atoms with Crippen LogP contribution in [-0.2, 0) is 32.9 Å². The zero-order chi connectivity index (χ0) is 30.5. The number of nitrogens with zero attached hydrogens (tertiary/aromatic N) is 4. The molecule has 0 aliphatic carbocycles. The number of fused-ring (bicyclic) bond motifs is 1. The number of nitrogens with two attached hydrogens (primary N) is 1. The number of imidazole rings is 1. The van der Waals surface area contributed by atoms with Crippen LogP contribution in [0.4, 0.5) is 5.82 Å². The molecule has 0 unspecified atom stereocenters. The number of rotatable bonds is 9. The van der Waals surface area contributed by atoms with E-state index in [0.717, 1.165) is 6.92 Å². The Morgan fingerprint density at radius 1 is 1.02 bits per heavy atom. The molecule has 40 heavy (non-hydrogen) atoms. The first-order chi connectivity index (χ1) is 18.1. The Balaban J connectivity index is 2.14. The monoisotopic (exact) mass is 616 g/mol. The van der Waals surface area contributed by atoms with Crippen LogP contribution in [0.5, 0.6) is 0 Å². The van der Waals surface area contributed by atoms with Crippen LogP contribution in [0.15, 0.2) is 12.7 Å². The molecule has 4 atom stereocenters. The summed E-state index contributed by atoms with van der Waals surface area (Å²) in [7, 11) is -9.23. The van der Waals surface area contributed by atoms with E-state index < -0.39 is 64.0 Å². The molecule has 0 aromatic carbocycles. The number of ether oxygens (including phenoxy) is 1. The van der Waals surface area contributed by atoms with Gasteiger partial charge in [0.15, 0.2) is 34.3 Å². The van der Waals surface area contributed by atoms with E-state index in [1.165, 1.54) is 6.33 Å². The van der Waals surface area contributed by atoms with Gasteiger partial charge in [0.05, 0.1) is 12.9 Å². The quantitative estimate of drug-likeness (QED) is 0.395. The molecule has 0 bridgehead atoms. The highest BCUT2D eigenvalue weighted by Crippen LogP contribution is 2.46. The van der Waals surface area contributed by atoms with Crippen LogP contribution < -0.4 is 10.5 Å². The van der Waals surface area contributed by atoms with E-state index in [4.69, 9.17) is 23.5 Å². The number of nitrogen functional groups attached to an aromatic ring is 1. The van der Waals surface area contributed by atoms with Crippen LogP contribution in [0.25, 0.3) is 11.2 Å².